The number of fused-ring (bicyclic) bond motifs is 1. The lowest BCUT2D eigenvalue weighted by atomic mass is 10.2. The Balaban J connectivity index is 1.84. The molecule has 4 nitrogen and oxygen atoms in total. The van der Waals surface area contributed by atoms with Gasteiger partial charge in [0.15, 0.2) is 11.5 Å². The van der Waals surface area contributed by atoms with Crippen LogP contribution in [0.25, 0.3) is 0 Å². The van der Waals surface area contributed by atoms with Crippen LogP contribution in [0, 0.1) is 3.57 Å². The van der Waals surface area contributed by atoms with Crippen LogP contribution >= 0.6 is 38.5 Å². The second kappa shape index (κ2) is 6.23. The van der Waals surface area contributed by atoms with Gasteiger partial charge in [0.25, 0.3) is 5.91 Å². The van der Waals surface area contributed by atoms with E-state index in [9.17, 15) is 4.79 Å². The second-order valence-electron chi connectivity index (χ2n) is 4.44. The summed E-state index contributed by atoms with van der Waals surface area (Å²) in [7, 11) is 0. The van der Waals surface area contributed by atoms with Crippen LogP contribution < -0.4 is 14.8 Å². The van der Waals surface area contributed by atoms with Gasteiger partial charge >= 0.3 is 0 Å². The van der Waals surface area contributed by atoms with Crippen molar-refractivity contribution in [3.8, 4) is 11.5 Å². The number of halogens is 2. The molecule has 2 aromatic rings. The van der Waals surface area contributed by atoms with Crippen molar-refractivity contribution in [2.45, 2.75) is 0 Å². The predicted molar refractivity (Wildman–Crippen MR) is 92.2 cm³/mol. The van der Waals surface area contributed by atoms with Gasteiger partial charge in [0.1, 0.15) is 13.2 Å². The Bertz CT molecular complexity index is 688. The van der Waals surface area contributed by atoms with Crippen molar-refractivity contribution in [2.24, 2.45) is 0 Å². The SMILES string of the molecule is O=C(Nc1cc2c(cc1Br)OCCO2)c1ccc(I)cc1. The lowest BCUT2D eigenvalue weighted by Crippen LogP contribution is -2.17. The van der Waals surface area contributed by atoms with E-state index in [0.29, 0.717) is 36.0 Å². The quantitative estimate of drug-likeness (QED) is 0.688. The Hall–Kier alpha value is -1.28. The molecule has 6 heteroatoms. The van der Waals surface area contributed by atoms with Gasteiger partial charge in [-0.3, -0.25) is 4.79 Å². The maximum atomic E-state index is 12.2. The number of benzene rings is 2. The summed E-state index contributed by atoms with van der Waals surface area (Å²) in [6.07, 6.45) is 0. The van der Waals surface area contributed by atoms with Crippen molar-refractivity contribution in [3.63, 3.8) is 0 Å². The molecule has 0 aromatic heterocycles. The highest BCUT2D eigenvalue weighted by Gasteiger charge is 2.16. The number of carbonyl (C=O) groups excluding carboxylic acids is 1. The monoisotopic (exact) mass is 459 g/mol. The molecule has 21 heavy (non-hydrogen) atoms. The Morgan fingerprint density at radius 1 is 1.10 bits per heavy atom. The molecule has 0 unspecified atom stereocenters. The minimum atomic E-state index is -0.163. The minimum absolute atomic E-state index is 0.163. The molecule has 0 saturated carbocycles. The van der Waals surface area contributed by atoms with Crippen molar-refractivity contribution in [1.82, 2.24) is 0 Å². The van der Waals surface area contributed by atoms with Gasteiger partial charge in [-0.05, 0) is 62.8 Å². The van der Waals surface area contributed by atoms with E-state index in [0.717, 1.165) is 8.04 Å². The molecule has 0 fully saturated rings. The highest BCUT2D eigenvalue weighted by atomic mass is 127. The molecule has 1 amide bonds. The number of hydrogen-bond donors (Lipinski definition) is 1. The summed E-state index contributed by atoms with van der Waals surface area (Å²) in [5.41, 5.74) is 1.26. The second-order valence-corrected chi connectivity index (χ2v) is 6.54. The summed E-state index contributed by atoms with van der Waals surface area (Å²) in [6, 6.07) is 11.0. The number of carbonyl (C=O) groups is 1. The van der Waals surface area contributed by atoms with E-state index in [4.69, 9.17) is 9.47 Å². The first-order valence-corrected chi connectivity index (χ1v) is 8.17. The van der Waals surface area contributed by atoms with Crippen molar-refractivity contribution < 1.29 is 14.3 Å². The van der Waals surface area contributed by atoms with Crippen LogP contribution in [0.2, 0.25) is 0 Å². The van der Waals surface area contributed by atoms with Crippen molar-refractivity contribution in [1.29, 1.82) is 0 Å². The lowest BCUT2D eigenvalue weighted by molar-refractivity contribution is 0.102. The third kappa shape index (κ3) is 3.32. The Labute approximate surface area is 144 Å². The lowest BCUT2D eigenvalue weighted by Gasteiger charge is -2.20. The van der Waals surface area contributed by atoms with Crippen LogP contribution in [0.1, 0.15) is 10.4 Å². The first-order valence-electron chi connectivity index (χ1n) is 6.29. The minimum Gasteiger partial charge on any atom is -0.486 e. The average molecular weight is 460 g/mol. The summed E-state index contributed by atoms with van der Waals surface area (Å²) in [6.45, 7) is 1.05. The molecule has 0 radical (unpaired) electrons. The van der Waals surface area contributed by atoms with Crippen LogP contribution in [0.15, 0.2) is 40.9 Å². The van der Waals surface area contributed by atoms with E-state index in [1.54, 1.807) is 24.3 Å². The van der Waals surface area contributed by atoms with Crippen molar-refractivity contribution in [2.75, 3.05) is 18.5 Å². The van der Waals surface area contributed by atoms with Crippen molar-refractivity contribution in [3.05, 3.63) is 50.0 Å². The van der Waals surface area contributed by atoms with Crippen molar-refractivity contribution >= 4 is 50.1 Å². The van der Waals surface area contributed by atoms with Crippen LogP contribution in [-0.2, 0) is 0 Å². The number of nitrogens with one attached hydrogen (secondary N) is 1. The van der Waals surface area contributed by atoms with Crippen LogP contribution in [0.5, 0.6) is 11.5 Å². The van der Waals surface area contributed by atoms with Crippen LogP contribution in [0.4, 0.5) is 5.69 Å². The summed E-state index contributed by atoms with van der Waals surface area (Å²) >= 11 is 5.64. The zero-order valence-corrected chi connectivity index (χ0v) is 14.6. The molecule has 3 rings (SSSR count). The fourth-order valence-corrected chi connectivity index (χ4v) is 2.74. The van der Waals surface area contributed by atoms with E-state index < -0.39 is 0 Å². The number of ether oxygens (including phenoxy) is 2. The molecule has 1 heterocycles. The van der Waals surface area contributed by atoms with Gasteiger partial charge in [-0.2, -0.15) is 0 Å². The largest absolute Gasteiger partial charge is 0.486 e. The van der Waals surface area contributed by atoms with Crippen LogP contribution in [0.3, 0.4) is 0 Å². The first kappa shape index (κ1) is 14.6. The van der Waals surface area contributed by atoms with Gasteiger partial charge in [0.05, 0.1) is 5.69 Å². The topological polar surface area (TPSA) is 47.6 Å². The molecule has 2 aromatic carbocycles. The molecule has 0 bridgehead atoms. The average Bonchev–Trinajstić information content (AvgIpc) is 2.48. The summed E-state index contributed by atoms with van der Waals surface area (Å²) in [4.78, 5) is 12.2. The van der Waals surface area contributed by atoms with Crippen LogP contribution in [-0.4, -0.2) is 19.1 Å². The molecule has 0 spiro atoms. The Kier molecular flexibility index (Phi) is 4.34. The molecular formula is C15H11BrINO3. The van der Waals surface area contributed by atoms with Gasteiger partial charge in [0.2, 0.25) is 0 Å². The maximum Gasteiger partial charge on any atom is 0.255 e. The molecular weight excluding hydrogens is 449 g/mol. The molecule has 0 atom stereocenters. The summed E-state index contributed by atoms with van der Waals surface area (Å²) in [5.74, 6) is 1.16. The highest BCUT2D eigenvalue weighted by molar-refractivity contribution is 14.1. The molecule has 0 saturated heterocycles. The van der Waals surface area contributed by atoms with Gasteiger partial charge < -0.3 is 14.8 Å². The van der Waals surface area contributed by atoms with E-state index in [-0.39, 0.29) is 5.91 Å². The third-order valence-corrected chi connectivity index (χ3v) is 4.36. The Morgan fingerprint density at radius 3 is 2.38 bits per heavy atom. The molecule has 108 valence electrons. The number of amides is 1. The smallest absolute Gasteiger partial charge is 0.255 e. The zero-order valence-electron chi connectivity index (χ0n) is 10.9. The van der Waals surface area contributed by atoms with E-state index >= 15 is 0 Å². The maximum absolute atomic E-state index is 12.2. The molecule has 1 aliphatic heterocycles. The van der Waals surface area contributed by atoms with E-state index in [1.807, 2.05) is 12.1 Å². The fourth-order valence-electron chi connectivity index (χ4n) is 1.96. The summed E-state index contributed by atoms with van der Waals surface area (Å²) in [5, 5.41) is 2.87. The number of anilines is 1. The van der Waals surface area contributed by atoms with Gasteiger partial charge in [0, 0.05) is 25.7 Å². The standard InChI is InChI=1S/C15H11BrINO3/c16-11-7-13-14(21-6-5-20-13)8-12(11)18-15(19)9-1-3-10(17)4-2-9/h1-4,7-8H,5-6H2,(H,18,19). The Morgan fingerprint density at radius 2 is 1.71 bits per heavy atom. The number of hydrogen-bond acceptors (Lipinski definition) is 3. The fraction of sp³-hybridized carbons (Fsp3) is 0.133. The number of rotatable bonds is 2. The van der Waals surface area contributed by atoms with E-state index in [2.05, 4.69) is 43.8 Å². The third-order valence-electron chi connectivity index (χ3n) is 2.99. The highest BCUT2D eigenvalue weighted by Crippen LogP contribution is 2.38. The van der Waals surface area contributed by atoms with Gasteiger partial charge in [-0.1, -0.05) is 0 Å². The van der Waals surface area contributed by atoms with Gasteiger partial charge in [-0.25, -0.2) is 0 Å². The zero-order chi connectivity index (χ0) is 14.8. The van der Waals surface area contributed by atoms with Gasteiger partial charge in [-0.15, -0.1) is 0 Å². The van der Waals surface area contributed by atoms with E-state index in [1.165, 1.54) is 0 Å². The first-order chi connectivity index (χ1) is 10.1. The predicted octanol–water partition coefficient (Wildman–Crippen LogP) is 4.08. The summed E-state index contributed by atoms with van der Waals surface area (Å²) < 4.78 is 12.9. The molecule has 0 aliphatic carbocycles. The molecule has 1 aliphatic rings. The molecule has 1 N–H and O–H groups in total. The normalized spacial score (nSPS) is 12.9.